The minimum atomic E-state index is 0. The van der Waals surface area contributed by atoms with E-state index in [0.29, 0.717) is 12.8 Å². The van der Waals surface area contributed by atoms with E-state index in [9.17, 15) is 4.79 Å². The minimum Gasteiger partial charge on any atom is -0.301 e. The second-order valence-corrected chi connectivity index (χ2v) is 2.91. The van der Waals surface area contributed by atoms with Crippen LogP contribution in [-0.2, 0) is 37.5 Å². The molecule has 13 heavy (non-hydrogen) atoms. The zero-order chi connectivity index (χ0) is 8.39. The van der Waals surface area contributed by atoms with E-state index in [1.807, 2.05) is 30.3 Å². The van der Waals surface area contributed by atoms with Crippen LogP contribution < -0.4 is 0 Å². The van der Waals surface area contributed by atoms with Crippen molar-refractivity contribution < 1.29 is 37.5 Å². The smallest absolute Gasteiger partial charge is 0.120 e. The molecule has 1 aromatic carbocycles. The van der Waals surface area contributed by atoms with Crippen molar-refractivity contribution in [1.29, 1.82) is 0 Å². The molecule has 1 nitrogen and oxygen atoms in total. The van der Waals surface area contributed by atoms with Crippen molar-refractivity contribution in [1.82, 2.24) is 0 Å². The van der Waals surface area contributed by atoms with Crippen molar-refractivity contribution in [2.45, 2.75) is 12.8 Å². The first kappa shape index (κ1) is 10.8. The fourth-order valence-electron chi connectivity index (χ4n) is 1.37. The predicted octanol–water partition coefficient (Wildman–Crippen LogP) is 2.23. The molecule has 63 valence electrons. The molecule has 1 aromatic rings. The number of ketones is 1. The number of Topliss-reactive ketones (excluding diaryl/α,β-unsaturated/α-hetero) is 1. The van der Waals surface area contributed by atoms with E-state index in [1.54, 1.807) is 0 Å². The largest absolute Gasteiger partial charge is 0.301 e. The number of benzene rings is 1. The number of rotatable bonds is 1. The van der Waals surface area contributed by atoms with E-state index >= 15 is 0 Å². The Morgan fingerprint density at radius 2 is 1.85 bits per heavy atom. The molecule has 0 saturated carbocycles. The summed E-state index contributed by atoms with van der Waals surface area (Å²) in [4.78, 5) is 10.9. The molecule has 0 amide bonds. The molecule has 2 heteroatoms. The molecule has 0 bridgehead atoms. The monoisotopic (exact) mass is 246 g/mol. The van der Waals surface area contributed by atoms with Crippen molar-refractivity contribution in [3.8, 4) is 0 Å². The molecule has 1 aliphatic rings. The Hall–Kier alpha value is -0.266. The maximum absolute atomic E-state index is 10.9. The van der Waals surface area contributed by atoms with Crippen molar-refractivity contribution in [2.24, 2.45) is 0 Å². The average Bonchev–Trinajstić information content (AvgIpc) is 2.54. The number of carbonyl (C=O) groups is 1. The van der Waals surface area contributed by atoms with Gasteiger partial charge >= 0.3 is 0 Å². The zero-order valence-corrected chi connectivity index (χ0v) is 10.1. The summed E-state index contributed by atoms with van der Waals surface area (Å²) in [6.07, 6.45) is 4.14. The van der Waals surface area contributed by atoms with E-state index in [4.69, 9.17) is 0 Å². The van der Waals surface area contributed by atoms with Crippen LogP contribution in [0.25, 0.3) is 5.57 Å². The maximum atomic E-state index is 10.9. The molecule has 0 N–H and O–H groups in total. The quantitative estimate of drug-likeness (QED) is 0.694. The van der Waals surface area contributed by atoms with Gasteiger partial charge in [-0.2, -0.15) is 5.56 Å². The van der Waals surface area contributed by atoms with E-state index in [1.165, 1.54) is 0 Å². The summed E-state index contributed by atoms with van der Waals surface area (Å²) < 4.78 is 0. The number of carbonyl (C=O) groups excluding carboxylic acids is 1. The SMILES string of the molecule is O=C1C[C-]=C(c2ccccc2)C1.[Y]. The van der Waals surface area contributed by atoms with Gasteiger partial charge in [0.05, 0.1) is 0 Å². The van der Waals surface area contributed by atoms with E-state index in [2.05, 4.69) is 6.08 Å². The fraction of sp³-hybridized carbons (Fsp3) is 0.182. The van der Waals surface area contributed by atoms with Crippen LogP contribution in [0.2, 0.25) is 0 Å². The Kier molecular flexibility index (Phi) is 4.02. The topological polar surface area (TPSA) is 17.1 Å². The van der Waals surface area contributed by atoms with Crippen LogP contribution in [-0.4, -0.2) is 5.78 Å². The molecule has 0 fully saturated rings. The molecule has 0 aliphatic heterocycles. The third-order valence-corrected chi connectivity index (χ3v) is 2.00. The van der Waals surface area contributed by atoms with Crippen LogP contribution >= 0.6 is 0 Å². The Morgan fingerprint density at radius 3 is 2.38 bits per heavy atom. The molecule has 0 saturated heterocycles. The first-order valence-corrected chi connectivity index (χ1v) is 4.03. The standard InChI is InChI=1S/C11H9O.Y/c12-11-7-6-10(8-11)9-4-2-1-3-5-9;/h1-5H,7-8H2;/q-1;. The van der Waals surface area contributed by atoms with E-state index in [-0.39, 0.29) is 38.5 Å². The van der Waals surface area contributed by atoms with Gasteiger partial charge < -0.3 is 4.79 Å². The predicted molar refractivity (Wildman–Crippen MR) is 47.3 cm³/mol. The molecular formula is C11H9OY-. The summed E-state index contributed by atoms with van der Waals surface area (Å²) in [5, 5.41) is 0. The molecule has 1 aliphatic carbocycles. The molecule has 0 aromatic heterocycles. The van der Waals surface area contributed by atoms with Crippen LogP contribution in [0, 0.1) is 6.08 Å². The summed E-state index contributed by atoms with van der Waals surface area (Å²) >= 11 is 0. The third-order valence-electron chi connectivity index (χ3n) is 2.00. The fourth-order valence-corrected chi connectivity index (χ4v) is 1.37. The molecule has 0 unspecified atom stereocenters. The molecule has 0 atom stereocenters. The second kappa shape index (κ2) is 4.83. The van der Waals surface area contributed by atoms with Gasteiger partial charge in [0.1, 0.15) is 5.78 Å². The Balaban J connectivity index is 0.000000845. The van der Waals surface area contributed by atoms with Crippen molar-refractivity contribution >= 4 is 11.4 Å². The summed E-state index contributed by atoms with van der Waals surface area (Å²) in [5.74, 6) is 0.272. The average molecular weight is 246 g/mol. The second-order valence-electron chi connectivity index (χ2n) is 2.91. The summed E-state index contributed by atoms with van der Waals surface area (Å²) in [6, 6.07) is 9.96. The molecule has 0 heterocycles. The van der Waals surface area contributed by atoms with Gasteiger partial charge in [-0.3, -0.25) is 6.08 Å². The number of allylic oxidation sites excluding steroid dienone is 2. The van der Waals surface area contributed by atoms with Gasteiger partial charge in [-0.15, -0.1) is 12.1 Å². The van der Waals surface area contributed by atoms with Gasteiger partial charge in [-0.1, -0.05) is 24.6 Å². The third kappa shape index (κ3) is 2.59. The van der Waals surface area contributed by atoms with Gasteiger partial charge in [0.2, 0.25) is 0 Å². The summed E-state index contributed by atoms with van der Waals surface area (Å²) in [6.45, 7) is 0. The van der Waals surface area contributed by atoms with Crippen molar-refractivity contribution in [3.63, 3.8) is 0 Å². The van der Waals surface area contributed by atoms with Crippen LogP contribution in [0.15, 0.2) is 30.3 Å². The van der Waals surface area contributed by atoms with Gasteiger partial charge in [-0.25, -0.2) is 5.57 Å². The summed E-state index contributed by atoms with van der Waals surface area (Å²) in [5.41, 5.74) is 2.18. The first-order chi connectivity index (χ1) is 5.86. The van der Waals surface area contributed by atoms with Gasteiger partial charge in [-0.05, 0) is 6.42 Å². The minimum absolute atomic E-state index is 0. The van der Waals surface area contributed by atoms with E-state index in [0.717, 1.165) is 11.1 Å². The van der Waals surface area contributed by atoms with Crippen molar-refractivity contribution in [2.75, 3.05) is 0 Å². The molecular weight excluding hydrogens is 237 g/mol. The molecule has 1 radical (unpaired) electrons. The first-order valence-electron chi connectivity index (χ1n) is 4.03. The summed E-state index contributed by atoms with van der Waals surface area (Å²) in [7, 11) is 0. The Morgan fingerprint density at radius 1 is 1.15 bits per heavy atom. The number of hydrogen-bond acceptors (Lipinski definition) is 1. The van der Waals surface area contributed by atoms with Crippen LogP contribution in [0.3, 0.4) is 0 Å². The Bertz CT molecular complexity index is 327. The van der Waals surface area contributed by atoms with Crippen LogP contribution in [0.5, 0.6) is 0 Å². The number of hydrogen-bond donors (Lipinski definition) is 0. The van der Waals surface area contributed by atoms with Gasteiger partial charge in [0, 0.05) is 32.7 Å². The van der Waals surface area contributed by atoms with E-state index < -0.39 is 0 Å². The Labute approximate surface area is 103 Å². The van der Waals surface area contributed by atoms with Gasteiger partial charge in [0.25, 0.3) is 0 Å². The maximum Gasteiger partial charge on any atom is 0.120 e. The molecule has 0 spiro atoms. The van der Waals surface area contributed by atoms with Crippen LogP contribution in [0.1, 0.15) is 18.4 Å². The zero-order valence-electron chi connectivity index (χ0n) is 7.29. The normalized spacial score (nSPS) is 15.1. The van der Waals surface area contributed by atoms with Crippen LogP contribution in [0.4, 0.5) is 0 Å². The molecule has 2 rings (SSSR count). The van der Waals surface area contributed by atoms with Crippen molar-refractivity contribution in [3.05, 3.63) is 42.0 Å². The van der Waals surface area contributed by atoms with Gasteiger partial charge in [0.15, 0.2) is 0 Å².